The Morgan fingerprint density at radius 3 is 1.91 bits per heavy atom. The van der Waals surface area contributed by atoms with Crippen molar-refractivity contribution in [1.82, 2.24) is 0 Å². The SMILES string of the molecule is [2H]c1c([2H])c(OC)c(O)c([2H])c1/C=C\c1cc(OC)c(OC)c(OC)c1. The van der Waals surface area contributed by atoms with Crippen LogP contribution >= 0.6 is 0 Å². The summed E-state index contributed by atoms with van der Waals surface area (Å²) < 4.78 is 44.7. The standard InChI is InChI=1S/C18H20O5/c1-20-15-8-7-12(9-14(15)19)5-6-13-10-16(21-2)18(23-4)17(11-13)22-3/h5-11,19H,1-4H3/b6-5-/i7D,8D,9D. The van der Waals surface area contributed by atoms with Crippen LogP contribution in [-0.4, -0.2) is 33.5 Å². The Morgan fingerprint density at radius 1 is 0.826 bits per heavy atom. The Balaban J connectivity index is 2.55. The number of hydrogen-bond acceptors (Lipinski definition) is 5. The van der Waals surface area contributed by atoms with Crippen LogP contribution < -0.4 is 18.9 Å². The predicted molar refractivity (Wildman–Crippen MR) is 89.7 cm³/mol. The number of hydrogen-bond donors (Lipinski definition) is 1. The van der Waals surface area contributed by atoms with E-state index in [-0.39, 0.29) is 29.4 Å². The molecule has 23 heavy (non-hydrogen) atoms. The third kappa shape index (κ3) is 3.69. The average Bonchev–Trinajstić information content (AvgIpc) is 2.65. The lowest BCUT2D eigenvalue weighted by atomic mass is 10.1. The molecule has 2 rings (SSSR count). The second kappa shape index (κ2) is 7.45. The van der Waals surface area contributed by atoms with Gasteiger partial charge in [0.15, 0.2) is 23.0 Å². The van der Waals surface area contributed by atoms with Crippen molar-refractivity contribution in [2.24, 2.45) is 0 Å². The van der Waals surface area contributed by atoms with Gasteiger partial charge in [0.2, 0.25) is 5.75 Å². The van der Waals surface area contributed by atoms with Crippen molar-refractivity contribution in [3.05, 3.63) is 41.4 Å². The zero-order valence-corrected chi connectivity index (χ0v) is 13.4. The topological polar surface area (TPSA) is 57.2 Å². The summed E-state index contributed by atoms with van der Waals surface area (Å²) in [5.41, 5.74) is 0.766. The van der Waals surface area contributed by atoms with Gasteiger partial charge in [0.05, 0.1) is 32.6 Å². The second-order valence-electron chi connectivity index (χ2n) is 4.46. The van der Waals surface area contributed by atoms with E-state index in [0.717, 1.165) is 0 Å². The molecule has 0 amide bonds. The van der Waals surface area contributed by atoms with Gasteiger partial charge < -0.3 is 24.1 Å². The average molecular weight is 319 g/mol. The van der Waals surface area contributed by atoms with Crippen molar-refractivity contribution < 1.29 is 28.2 Å². The molecule has 5 heteroatoms. The molecule has 0 heterocycles. The lowest BCUT2D eigenvalue weighted by Crippen LogP contribution is -1.95. The van der Waals surface area contributed by atoms with Crippen molar-refractivity contribution in [1.29, 1.82) is 0 Å². The van der Waals surface area contributed by atoms with E-state index in [9.17, 15) is 5.11 Å². The maximum Gasteiger partial charge on any atom is 0.203 e. The zero-order valence-electron chi connectivity index (χ0n) is 16.4. The highest BCUT2D eigenvalue weighted by atomic mass is 16.5. The first-order valence-electron chi connectivity index (χ1n) is 8.24. The Labute approximate surface area is 139 Å². The quantitative estimate of drug-likeness (QED) is 0.825. The molecule has 0 aromatic heterocycles. The Morgan fingerprint density at radius 2 is 1.39 bits per heavy atom. The van der Waals surface area contributed by atoms with Gasteiger partial charge in [-0.3, -0.25) is 0 Å². The van der Waals surface area contributed by atoms with Crippen LogP contribution in [0.2, 0.25) is 0 Å². The van der Waals surface area contributed by atoms with Gasteiger partial charge in [-0.25, -0.2) is 0 Å². The molecular weight excluding hydrogens is 296 g/mol. The van der Waals surface area contributed by atoms with E-state index < -0.39 is 5.75 Å². The zero-order chi connectivity index (χ0) is 19.4. The minimum Gasteiger partial charge on any atom is -0.504 e. The molecule has 0 spiro atoms. The third-order valence-corrected chi connectivity index (χ3v) is 3.11. The van der Waals surface area contributed by atoms with Gasteiger partial charge in [-0.2, -0.15) is 0 Å². The molecule has 1 N–H and O–H groups in total. The van der Waals surface area contributed by atoms with Gasteiger partial charge in [-0.1, -0.05) is 18.2 Å². The summed E-state index contributed by atoms with van der Waals surface area (Å²) in [6, 6.07) is 2.62. The molecule has 0 saturated heterocycles. The van der Waals surface area contributed by atoms with Crippen molar-refractivity contribution in [3.63, 3.8) is 0 Å². The summed E-state index contributed by atoms with van der Waals surface area (Å²) in [4.78, 5) is 0. The normalized spacial score (nSPS) is 12.4. The number of benzene rings is 2. The maximum atomic E-state index is 10.0. The van der Waals surface area contributed by atoms with E-state index in [1.807, 2.05) is 0 Å². The summed E-state index contributed by atoms with van der Waals surface area (Å²) in [5.74, 6) is 0.706. The predicted octanol–water partition coefficient (Wildman–Crippen LogP) is 3.60. The van der Waals surface area contributed by atoms with Crippen LogP contribution in [0.5, 0.6) is 28.7 Å². The van der Waals surface area contributed by atoms with Crippen LogP contribution in [-0.2, 0) is 0 Å². The number of phenols is 1. The fraction of sp³-hybridized carbons (Fsp3) is 0.222. The molecule has 0 saturated carbocycles. The van der Waals surface area contributed by atoms with Crippen LogP contribution in [0, 0.1) is 0 Å². The monoisotopic (exact) mass is 319 g/mol. The number of rotatable bonds is 6. The number of methoxy groups -OCH3 is 4. The molecule has 0 aliphatic heterocycles. The van der Waals surface area contributed by atoms with Gasteiger partial charge in [-0.15, -0.1) is 0 Å². The molecule has 0 unspecified atom stereocenters. The highest BCUT2D eigenvalue weighted by Crippen LogP contribution is 2.38. The molecule has 0 bridgehead atoms. The van der Waals surface area contributed by atoms with E-state index in [2.05, 4.69) is 0 Å². The molecule has 2 aromatic carbocycles. The summed E-state index contributed by atoms with van der Waals surface area (Å²) in [5, 5.41) is 10.0. The minimum atomic E-state index is -0.474. The first kappa shape index (κ1) is 12.7. The highest BCUT2D eigenvalue weighted by molar-refractivity contribution is 5.73. The van der Waals surface area contributed by atoms with Crippen LogP contribution in [0.25, 0.3) is 12.2 Å². The Kier molecular flexibility index (Phi) is 4.11. The second-order valence-corrected chi connectivity index (χ2v) is 4.46. The summed E-state index contributed by atoms with van der Waals surface area (Å²) >= 11 is 0. The molecule has 0 radical (unpaired) electrons. The maximum absolute atomic E-state index is 10.0. The summed E-state index contributed by atoms with van der Waals surface area (Å²) in [6.45, 7) is 0. The number of phenolic OH excluding ortho intramolecular Hbond substituents is 1. The molecule has 0 aliphatic carbocycles. The fourth-order valence-corrected chi connectivity index (χ4v) is 2.01. The van der Waals surface area contributed by atoms with Crippen LogP contribution in [0.15, 0.2) is 30.3 Å². The smallest absolute Gasteiger partial charge is 0.203 e. The third-order valence-electron chi connectivity index (χ3n) is 3.11. The molecule has 5 nitrogen and oxygen atoms in total. The first-order chi connectivity index (χ1) is 12.4. The molecule has 0 atom stereocenters. The van der Waals surface area contributed by atoms with Crippen LogP contribution in [0.3, 0.4) is 0 Å². The van der Waals surface area contributed by atoms with Crippen LogP contribution in [0.1, 0.15) is 15.2 Å². The van der Waals surface area contributed by atoms with E-state index in [4.69, 9.17) is 23.1 Å². The summed E-state index contributed by atoms with van der Waals surface area (Å²) in [7, 11) is 5.78. The largest absolute Gasteiger partial charge is 0.504 e. The van der Waals surface area contributed by atoms with E-state index in [0.29, 0.717) is 22.8 Å². The van der Waals surface area contributed by atoms with Crippen molar-refractivity contribution in [3.8, 4) is 28.7 Å². The fourth-order valence-electron chi connectivity index (χ4n) is 2.01. The van der Waals surface area contributed by atoms with Gasteiger partial charge >= 0.3 is 0 Å². The van der Waals surface area contributed by atoms with Gasteiger partial charge in [-0.05, 0) is 35.3 Å². The lowest BCUT2D eigenvalue weighted by Gasteiger charge is -2.12. The Bertz CT molecular complexity index is 795. The molecule has 122 valence electrons. The molecule has 0 aliphatic rings. The summed E-state index contributed by atoms with van der Waals surface area (Å²) in [6.07, 6.45) is 3.10. The van der Waals surface area contributed by atoms with Crippen molar-refractivity contribution in [2.75, 3.05) is 28.4 Å². The van der Waals surface area contributed by atoms with E-state index in [1.54, 1.807) is 18.2 Å². The minimum absolute atomic E-state index is 0.0991. The van der Waals surface area contributed by atoms with Crippen molar-refractivity contribution >= 4 is 12.2 Å². The number of ether oxygens (including phenoxy) is 4. The van der Waals surface area contributed by atoms with Crippen molar-refractivity contribution in [2.45, 2.75) is 0 Å². The van der Waals surface area contributed by atoms with E-state index >= 15 is 0 Å². The lowest BCUT2D eigenvalue weighted by molar-refractivity contribution is 0.324. The van der Waals surface area contributed by atoms with Gasteiger partial charge in [0.25, 0.3) is 0 Å². The first-order valence-corrected chi connectivity index (χ1v) is 6.74. The number of aromatic hydroxyl groups is 1. The Hall–Kier alpha value is -2.82. The van der Waals surface area contributed by atoms with Gasteiger partial charge in [0, 0.05) is 0 Å². The van der Waals surface area contributed by atoms with Gasteiger partial charge in [0.1, 0.15) is 0 Å². The highest BCUT2D eigenvalue weighted by Gasteiger charge is 2.12. The van der Waals surface area contributed by atoms with Crippen LogP contribution in [0.4, 0.5) is 0 Å². The molecule has 0 fully saturated rings. The molecule has 2 aromatic rings. The molecular formula is C18H20O5. The van der Waals surface area contributed by atoms with E-state index in [1.165, 1.54) is 34.5 Å².